The molecule has 2 aromatic rings. The van der Waals surface area contributed by atoms with Crippen LogP contribution in [-0.4, -0.2) is 41.5 Å². The number of morpholine rings is 1. The smallest absolute Gasteiger partial charge is 0.0795 e. The summed E-state index contributed by atoms with van der Waals surface area (Å²) < 4.78 is 5.32. The molecule has 0 unspecified atom stereocenters. The third-order valence-electron chi connectivity index (χ3n) is 2.99. The summed E-state index contributed by atoms with van der Waals surface area (Å²) in [5, 5.41) is 11.5. The van der Waals surface area contributed by atoms with Crippen molar-refractivity contribution in [1.29, 1.82) is 0 Å². The van der Waals surface area contributed by atoms with E-state index in [-0.39, 0.29) is 0 Å². The molecule has 1 aliphatic rings. The minimum absolute atomic E-state index is 0.795. The Kier molecular flexibility index (Phi) is 3.70. The Morgan fingerprint density at radius 3 is 3.11 bits per heavy atom. The van der Waals surface area contributed by atoms with Crippen LogP contribution in [0.25, 0.3) is 10.6 Å². The summed E-state index contributed by atoms with van der Waals surface area (Å²) in [6, 6.07) is 4.16. The molecule has 0 radical (unpaired) electrons. The zero-order valence-electron chi connectivity index (χ0n) is 10.1. The molecule has 3 heterocycles. The van der Waals surface area contributed by atoms with Crippen LogP contribution < -0.4 is 5.43 Å². The molecule has 5 nitrogen and oxygen atoms in total. The average Bonchev–Trinajstić information content (AvgIpc) is 3.08. The number of nitrogens with one attached hydrogen (secondary N) is 2. The van der Waals surface area contributed by atoms with Gasteiger partial charge in [0.15, 0.2) is 0 Å². The second-order valence-corrected chi connectivity index (χ2v) is 5.13. The molecule has 0 spiro atoms. The molecule has 96 valence electrons. The second-order valence-electron chi connectivity index (χ2n) is 4.18. The maximum Gasteiger partial charge on any atom is 0.0795 e. The van der Waals surface area contributed by atoms with Crippen molar-refractivity contribution < 1.29 is 4.74 Å². The van der Waals surface area contributed by atoms with E-state index in [1.165, 1.54) is 10.4 Å². The molecule has 1 saturated heterocycles. The first-order chi connectivity index (χ1) is 8.93. The quantitative estimate of drug-likeness (QED) is 0.878. The topological polar surface area (TPSA) is 53.2 Å². The van der Waals surface area contributed by atoms with Crippen molar-refractivity contribution in [2.75, 3.05) is 26.3 Å². The van der Waals surface area contributed by atoms with Crippen molar-refractivity contribution >= 4 is 11.3 Å². The monoisotopic (exact) mass is 264 g/mol. The van der Waals surface area contributed by atoms with Gasteiger partial charge >= 0.3 is 0 Å². The lowest BCUT2D eigenvalue weighted by Gasteiger charge is -2.27. The molecule has 0 amide bonds. The molecule has 18 heavy (non-hydrogen) atoms. The number of hydrogen-bond donors (Lipinski definition) is 2. The molecule has 2 N–H and O–H groups in total. The third kappa shape index (κ3) is 2.62. The van der Waals surface area contributed by atoms with Crippen LogP contribution >= 0.6 is 11.3 Å². The Morgan fingerprint density at radius 1 is 1.44 bits per heavy atom. The van der Waals surface area contributed by atoms with Crippen LogP contribution in [0, 0.1) is 0 Å². The molecular formula is C12H16N4OS. The summed E-state index contributed by atoms with van der Waals surface area (Å²) in [4.78, 5) is 1.23. The number of aromatic nitrogens is 2. The fourth-order valence-electron chi connectivity index (χ4n) is 2.00. The Hall–Kier alpha value is -1.21. The molecule has 1 aliphatic heterocycles. The highest BCUT2D eigenvalue weighted by Crippen LogP contribution is 2.25. The van der Waals surface area contributed by atoms with Crippen molar-refractivity contribution in [3.05, 3.63) is 29.3 Å². The molecule has 0 aliphatic carbocycles. The van der Waals surface area contributed by atoms with Crippen molar-refractivity contribution in [1.82, 2.24) is 20.6 Å². The first-order valence-corrected chi connectivity index (χ1v) is 6.94. The van der Waals surface area contributed by atoms with E-state index in [4.69, 9.17) is 4.74 Å². The predicted molar refractivity (Wildman–Crippen MR) is 71.1 cm³/mol. The van der Waals surface area contributed by atoms with Gasteiger partial charge < -0.3 is 4.74 Å². The zero-order valence-corrected chi connectivity index (χ0v) is 10.9. The molecule has 0 bridgehead atoms. The molecule has 2 aromatic heterocycles. The predicted octanol–water partition coefficient (Wildman–Crippen LogP) is 1.47. The number of aromatic amines is 1. The van der Waals surface area contributed by atoms with Crippen LogP contribution in [0.2, 0.25) is 0 Å². The summed E-state index contributed by atoms with van der Waals surface area (Å²) in [7, 11) is 0. The first-order valence-electron chi connectivity index (χ1n) is 6.06. The Labute approximate surface area is 110 Å². The Morgan fingerprint density at radius 2 is 2.33 bits per heavy atom. The van der Waals surface area contributed by atoms with Gasteiger partial charge in [-0.05, 0) is 11.4 Å². The van der Waals surface area contributed by atoms with E-state index >= 15 is 0 Å². The summed E-state index contributed by atoms with van der Waals surface area (Å²) in [6.45, 7) is 4.27. The van der Waals surface area contributed by atoms with Gasteiger partial charge in [-0.1, -0.05) is 6.07 Å². The Balaban J connectivity index is 1.64. The van der Waals surface area contributed by atoms with Crippen LogP contribution in [0.4, 0.5) is 0 Å². The molecule has 1 fully saturated rings. The normalized spacial score (nSPS) is 17.1. The molecule has 3 rings (SSSR count). The highest BCUT2D eigenvalue weighted by Gasteiger charge is 2.12. The van der Waals surface area contributed by atoms with Gasteiger partial charge in [0, 0.05) is 25.2 Å². The zero-order chi connectivity index (χ0) is 12.2. The number of nitrogens with zero attached hydrogens (tertiary/aromatic N) is 2. The average molecular weight is 264 g/mol. The molecular weight excluding hydrogens is 248 g/mol. The molecule has 0 aromatic carbocycles. The lowest BCUT2D eigenvalue weighted by Crippen LogP contribution is -2.45. The number of ether oxygens (including phenoxy) is 1. The van der Waals surface area contributed by atoms with Gasteiger partial charge in [0.25, 0.3) is 0 Å². The number of H-pyrrole nitrogens is 1. The maximum absolute atomic E-state index is 5.32. The largest absolute Gasteiger partial charge is 0.379 e. The van der Waals surface area contributed by atoms with E-state index < -0.39 is 0 Å². The maximum atomic E-state index is 5.32. The van der Waals surface area contributed by atoms with Crippen LogP contribution in [-0.2, 0) is 11.3 Å². The lowest BCUT2D eigenvalue weighted by molar-refractivity contribution is 0.0106. The summed E-state index contributed by atoms with van der Waals surface area (Å²) in [6.07, 6.45) is 1.89. The van der Waals surface area contributed by atoms with Gasteiger partial charge in [0.2, 0.25) is 0 Å². The van der Waals surface area contributed by atoms with E-state index in [9.17, 15) is 0 Å². The lowest BCUT2D eigenvalue weighted by atomic mass is 10.2. The summed E-state index contributed by atoms with van der Waals surface area (Å²) in [5.41, 5.74) is 5.74. The first kappa shape index (κ1) is 11.9. The van der Waals surface area contributed by atoms with Crippen LogP contribution in [0.5, 0.6) is 0 Å². The highest BCUT2D eigenvalue weighted by atomic mass is 32.1. The SMILES string of the molecule is c1csc(-c2[nH]ncc2CNN2CCOCC2)c1. The minimum atomic E-state index is 0.795. The van der Waals surface area contributed by atoms with Crippen LogP contribution in [0.15, 0.2) is 23.7 Å². The second kappa shape index (κ2) is 5.62. The van der Waals surface area contributed by atoms with Gasteiger partial charge in [-0.25, -0.2) is 5.01 Å². The number of hydrogen-bond acceptors (Lipinski definition) is 5. The van der Waals surface area contributed by atoms with Gasteiger partial charge in [-0.3, -0.25) is 10.5 Å². The molecule has 6 heteroatoms. The van der Waals surface area contributed by atoms with E-state index in [2.05, 4.69) is 38.1 Å². The molecule has 0 saturated carbocycles. The van der Waals surface area contributed by atoms with Crippen LogP contribution in [0.3, 0.4) is 0 Å². The van der Waals surface area contributed by atoms with Crippen molar-refractivity contribution in [3.63, 3.8) is 0 Å². The minimum Gasteiger partial charge on any atom is -0.379 e. The van der Waals surface area contributed by atoms with Gasteiger partial charge in [-0.2, -0.15) is 5.10 Å². The van der Waals surface area contributed by atoms with Gasteiger partial charge in [0.05, 0.1) is 30.0 Å². The van der Waals surface area contributed by atoms with Gasteiger partial charge in [-0.15, -0.1) is 11.3 Å². The van der Waals surface area contributed by atoms with E-state index in [1.54, 1.807) is 11.3 Å². The van der Waals surface area contributed by atoms with Gasteiger partial charge in [0.1, 0.15) is 0 Å². The van der Waals surface area contributed by atoms with E-state index in [0.29, 0.717) is 0 Å². The molecule has 0 atom stereocenters. The van der Waals surface area contributed by atoms with Crippen molar-refractivity contribution in [3.8, 4) is 10.6 Å². The number of hydrazine groups is 1. The number of thiophene rings is 1. The van der Waals surface area contributed by atoms with E-state index in [1.807, 2.05) is 6.20 Å². The summed E-state index contributed by atoms with van der Waals surface area (Å²) in [5.74, 6) is 0. The van der Waals surface area contributed by atoms with E-state index in [0.717, 1.165) is 38.5 Å². The number of rotatable bonds is 4. The van der Waals surface area contributed by atoms with Crippen molar-refractivity contribution in [2.24, 2.45) is 0 Å². The fourth-order valence-corrected chi connectivity index (χ4v) is 2.75. The standard InChI is InChI=1S/C12H16N4OS/c1-2-11(18-7-1)12-10(8-13-15-12)9-14-16-3-5-17-6-4-16/h1-2,7-8,14H,3-6,9H2,(H,13,15). The Bertz CT molecular complexity index is 476. The van der Waals surface area contributed by atoms with Crippen LogP contribution in [0.1, 0.15) is 5.56 Å². The van der Waals surface area contributed by atoms with Crippen molar-refractivity contribution in [2.45, 2.75) is 6.54 Å². The highest BCUT2D eigenvalue weighted by molar-refractivity contribution is 7.13. The third-order valence-corrected chi connectivity index (χ3v) is 3.88. The summed E-state index contributed by atoms with van der Waals surface area (Å²) >= 11 is 1.72. The fraction of sp³-hybridized carbons (Fsp3) is 0.417.